The highest BCUT2D eigenvalue weighted by Crippen LogP contribution is 2.39. The van der Waals surface area contributed by atoms with Crippen LogP contribution < -0.4 is 15.2 Å². The van der Waals surface area contributed by atoms with Gasteiger partial charge in [0.2, 0.25) is 0 Å². The molecule has 34 heavy (non-hydrogen) atoms. The maximum Gasteiger partial charge on any atom is 0.573 e. The lowest BCUT2D eigenvalue weighted by molar-refractivity contribution is -0.274. The first-order valence-electron chi connectivity index (χ1n) is 10.6. The summed E-state index contributed by atoms with van der Waals surface area (Å²) in [5.74, 6) is -0.278. The van der Waals surface area contributed by atoms with Crippen molar-refractivity contribution in [2.45, 2.75) is 24.6 Å². The van der Waals surface area contributed by atoms with Crippen LogP contribution in [0.15, 0.2) is 85.3 Å². The molecule has 0 aliphatic carbocycles. The van der Waals surface area contributed by atoms with E-state index < -0.39 is 6.36 Å². The summed E-state index contributed by atoms with van der Waals surface area (Å²) in [7, 11) is 0. The number of rotatable bonds is 4. The molecule has 0 radical (unpaired) electrons. The van der Waals surface area contributed by atoms with Gasteiger partial charge in [0.1, 0.15) is 18.0 Å². The number of nitrogens with zero attached hydrogens (tertiary/aromatic N) is 4. The third-order valence-electron chi connectivity index (χ3n) is 5.77. The summed E-state index contributed by atoms with van der Waals surface area (Å²) in [6.45, 7) is 0. The van der Waals surface area contributed by atoms with Crippen LogP contribution in [0.2, 0.25) is 0 Å². The minimum atomic E-state index is -4.74. The van der Waals surface area contributed by atoms with E-state index in [0.29, 0.717) is 5.69 Å². The van der Waals surface area contributed by atoms with Gasteiger partial charge in [0.25, 0.3) is 0 Å². The molecule has 2 aliphatic heterocycles. The zero-order chi connectivity index (χ0) is 23.3. The topological polar surface area (TPSA) is 67.7 Å². The molecule has 0 spiro atoms. The predicted molar refractivity (Wildman–Crippen MR) is 118 cm³/mol. The summed E-state index contributed by atoms with van der Waals surface area (Å²) in [4.78, 5) is 4.54. The molecule has 3 atom stereocenters. The van der Waals surface area contributed by atoms with Gasteiger partial charge < -0.3 is 9.47 Å². The molecule has 1 saturated heterocycles. The number of nitrogens with one attached hydrogen (secondary N) is 1. The number of para-hydroxylation sites is 1. The van der Waals surface area contributed by atoms with E-state index in [-0.39, 0.29) is 24.0 Å². The monoisotopic (exact) mass is 465 g/mol. The highest BCUT2D eigenvalue weighted by atomic mass is 19.4. The molecule has 0 saturated carbocycles. The van der Waals surface area contributed by atoms with E-state index in [1.807, 2.05) is 53.4 Å². The number of fused-ring (bicyclic) bond motifs is 2. The normalized spacial score (nSPS) is 21.9. The smallest absolute Gasteiger partial charge is 0.406 e. The van der Waals surface area contributed by atoms with E-state index in [1.165, 1.54) is 12.1 Å². The number of aromatic nitrogens is 3. The Balaban J connectivity index is 1.33. The van der Waals surface area contributed by atoms with Crippen molar-refractivity contribution in [1.82, 2.24) is 20.2 Å². The molecule has 6 rings (SSSR count). The summed E-state index contributed by atoms with van der Waals surface area (Å²) in [5.41, 5.74) is 6.62. The van der Waals surface area contributed by atoms with Crippen LogP contribution in [0, 0.1) is 0 Å². The average molecular weight is 465 g/mol. The Morgan fingerprint density at radius 2 is 1.79 bits per heavy atom. The molecule has 4 heterocycles. The second kappa shape index (κ2) is 7.86. The fraction of sp³-hybridized carbons (Fsp3) is 0.167. The maximum atomic E-state index is 12.5. The summed E-state index contributed by atoms with van der Waals surface area (Å²) in [6, 6.07) is 17.1. The summed E-state index contributed by atoms with van der Waals surface area (Å²) in [6.07, 6.45) is 2.26. The van der Waals surface area contributed by atoms with Gasteiger partial charge in [-0.2, -0.15) is 5.10 Å². The van der Waals surface area contributed by atoms with Gasteiger partial charge in [0, 0.05) is 24.0 Å². The lowest BCUT2D eigenvalue weighted by Crippen LogP contribution is -2.39. The zero-order valence-corrected chi connectivity index (χ0v) is 17.6. The molecule has 3 unspecified atom stereocenters. The van der Waals surface area contributed by atoms with Gasteiger partial charge in [0.15, 0.2) is 0 Å². The summed E-state index contributed by atoms with van der Waals surface area (Å²) in [5, 5.41) is 7.32. The van der Waals surface area contributed by atoms with E-state index >= 15 is 0 Å². The van der Waals surface area contributed by atoms with Crippen molar-refractivity contribution in [1.29, 1.82) is 0 Å². The number of anilines is 1. The number of benzene rings is 2. The Bertz CT molecular complexity index is 1360. The predicted octanol–water partition coefficient (Wildman–Crippen LogP) is 4.67. The SMILES string of the molecule is FC(F)(F)Oc1ccc(N2C=CC3OC3C(c3ccnn3-c3cccc4cccnc34)N2)cc1. The van der Waals surface area contributed by atoms with Crippen LogP contribution in [-0.4, -0.2) is 33.3 Å². The van der Waals surface area contributed by atoms with Crippen LogP contribution >= 0.6 is 0 Å². The van der Waals surface area contributed by atoms with Gasteiger partial charge in [-0.25, -0.2) is 10.1 Å². The van der Waals surface area contributed by atoms with Crippen molar-refractivity contribution in [3.63, 3.8) is 0 Å². The van der Waals surface area contributed by atoms with Crippen molar-refractivity contribution in [2.75, 3.05) is 5.01 Å². The number of alkyl halides is 3. The van der Waals surface area contributed by atoms with Gasteiger partial charge in [-0.3, -0.25) is 9.99 Å². The third-order valence-corrected chi connectivity index (χ3v) is 5.77. The van der Waals surface area contributed by atoms with Crippen molar-refractivity contribution in [3.8, 4) is 11.4 Å². The Hall–Kier alpha value is -3.89. The molecule has 4 aromatic rings. The highest BCUT2D eigenvalue weighted by Gasteiger charge is 2.47. The lowest BCUT2D eigenvalue weighted by atomic mass is 10.1. The minimum Gasteiger partial charge on any atom is -0.406 e. The van der Waals surface area contributed by atoms with Crippen molar-refractivity contribution < 1.29 is 22.6 Å². The van der Waals surface area contributed by atoms with E-state index in [0.717, 1.165) is 22.3 Å². The van der Waals surface area contributed by atoms with Gasteiger partial charge in [-0.05, 0) is 48.5 Å². The molecular weight excluding hydrogens is 447 g/mol. The fourth-order valence-corrected chi connectivity index (χ4v) is 4.21. The molecule has 2 aliphatic rings. The number of hydrogen-bond donors (Lipinski definition) is 1. The summed E-state index contributed by atoms with van der Waals surface area (Å²) >= 11 is 0. The van der Waals surface area contributed by atoms with Crippen molar-refractivity contribution in [3.05, 3.63) is 91.0 Å². The fourth-order valence-electron chi connectivity index (χ4n) is 4.21. The molecule has 172 valence electrons. The number of pyridine rings is 1. The molecule has 10 heteroatoms. The Labute approximate surface area is 192 Å². The molecule has 2 aromatic heterocycles. The Morgan fingerprint density at radius 3 is 2.62 bits per heavy atom. The lowest BCUT2D eigenvalue weighted by Gasteiger charge is -2.27. The number of halogens is 3. The van der Waals surface area contributed by atoms with Gasteiger partial charge in [-0.1, -0.05) is 18.2 Å². The van der Waals surface area contributed by atoms with Crippen LogP contribution in [0.25, 0.3) is 16.6 Å². The third kappa shape index (κ3) is 3.87. The molecule has 0 amide bonds. The minimum absolute atomic E-state index is 0.0793. The molecule has 7 nitrogen and oxygen atoms in total. The van der Waals surface area contributed by atoms with Gasteiger partial charge in [-0.15, -0.1) is 13.2 Å². The Kier molecular flexibility index (Phi) is 4.78. The van der Waals surface area contributed by atoms with E-state index in [2.05, 4.69) is 20.2 Å². The second-order valence-electron chi connectivity index (χ2n) is 7.95. The average Bonchev–Trinajstić information content (AvgIpc) is 3.47. The van der Waals surface area contributed by atoms with Crippen LogP contribution in [0.1, 0.15) is 11.7 Å². The Morgan fingerprint density at radius 1 is 0.971 bits per heavy atom. The van der Waals surface area contributed by atoms with E-state index in [9.17, 15) is 13.2 Å². The molecule has 1 fully saturated rings. The van der Waals surface area contributed by atoms with Crippen LogP contribution in [-0.2, 0) is 4.74 Å². The first kappa shape index (κ1) is 20.7. The second-order valence-corrected chi connectivity index (χ2v) is 7.95. The first-order valence-corrected chi connectivity index (χ1v) is 10.6. The zero-order valence-electron chi connectivity index (χ0n) is 17.6. The van der Waals surface area contributed by atoms with Crippen molar-refractivity contribution >= 4 is 16.6 Å². The van der Waals surface area contributed by atoms with Crippen LogP contribution in [0.3, 0.4) is 0 Å². The van der Waals surface area contributed by atoms with E-state index in [1.54, 1.807) is 29.5 Å². The molecular formula is C24H18F3N5O2. The quantitative estimate of drug-likeness (QED) is 0.442. The van der Waals surface area contributed by atoms with Gasteiger partial charge in [0.05, 0.1) is 28.6 Å². The highest BCUT2D eigenvalue weighted by molar-refractivity contribution is 5.86. The largest absolute Gasteiger partial charge is 0.573 e. The summed E-state index contributed by atoms with van der Waals surface area (Å²) < 4.78 is 49.2. The van der Waals surface area contributed by atoms with Crippen LogP contribution in [0.5, 0.6) is 5.75 Å². The van der Waals surface area contributed by atoms with E-state index in [4.69, 9.17) is 4.74 Å². The molecule has 0 bridgehead atoms. The first-order chi connectivity index (χ1) is 16.5. The molecule has 1 N–H and O–H groups in total. The number of epoxide rings is 1. The number of ether oxygens (including phenoxy) is 2. The van der Waals surface area contributed by atoms with Crippen LogP contribution in [0.4, 0.5) is 18.9 Å². The maximum absolute atomic E-state index is 12.5. The standard InChI is InChI=1S/C24H18F3N5O2/c25-24(26,27)34-17-8-6-16(7-9-17)31-14-11-20-23(33-20)22(30-31)19-10-13-29-32(19)18-5-1-3-15-4-2-12-28-21(15)18/h1-14,20,22-23,30H. The van der Waals surface area contributed by atoms with Gasteiger partial charge >= 0.3 is 6.36 Å². The number of hydrogen-bond acceptors (Lipinski definition) is 6. The number of hydrazine groups is 1. The van der Waals surface area contributed by atoms with Crippen molar-refractivity contribution in [2.24, 2.45) is 0 Å². The molecule has 2 aromatic carbocycles.